The van der Waals surface area contributed by atoms with Crippen molar-refractivity contribution in [3.63, 3.8) is 0 Å². The number of rotatable bonds is 6. The van der Waals surface area contributed by atoms with Crippen LogP contribution in [0.3, 0.4) is 0 Å². The van der Waals surface area contributed by atoms with E-state index in [4.69, 9.17) is 4.74 Å². The SMILES string of the molecule is CCc1cc(NCCC2CN(c3cnn(C)c(=O)c3)CCO2)ncn1. The fourth-order valence-electron chi connectivity index (χ4n) is 2.81. The number of aromatic nitrogens is 4. The zero-order valence-electron chi connectivity index (χ0n) is 14.7. The molecule has 1 aliphatic heterocycles. The summed E-state index contributed by atoms with van der Waals surface area (Å²) < 4.78 is 7.18. The minimum atomic E-state index is -0.0994. The highest BCUT2D eigenvalue weighted by atomic mass is 16.5. The second-order valence-electron chi connectivity index (χ2n) is 6.08. The standard InChI is InChI=1S/C17H24N6O2/c1-3-13-8-16(20-12-19-13)18-5-4-15-11-23(6-7-25-15)14-9-17(24)22(2)21-10-14/h8-10,12,15H,3-7,11H2,1-2H3,(H,18,19,20). The lowest BCUT2D eigenvalue weighted by atomic mass is 10.2. The molecule has 134 valence electrons. The van der Waals surface area contributed by atoms with Gasteiger partial charge in [0.1, 0.15) is 12.1 Å². The fraction of sp³-hybridized carbons (Fsp3) is 0.529. The van der Waals surface area contributed by atoms with Crippen LogP contribution in [0.2, 0.25) is 0 Å². The number of hydrogen-bond acceptors (Lipinski definition) is 7. The minimum Gasteiger partial charge on any atom is -0.374 e. The smallest absolute Gasteiger partial charge is 0.268 e. The predicted molar refractivity (Wildman–Crippen MR) is 95.9 cm³/mol. The van der Waals surface area contributed by atoms with Crippen molar-refractivity contribution in [2.75, 3.05) is 36.5 Å². The highest BCUT2D eigenvalue weighted by Gasteiger charge is 2.21. The number of ether oxygens (including phenoxy) is 1. The molecule has 25 heavy (non-hydrogen) atoms. The van der Waals surface area contributed by atoms with E-state index in [0.29, 0.717) is 6.61 Å². The quantitative estimate of drug-likeness (QED) is 0.831. The lowest BCUT2D eigenvalue weighted by Crippen LogP contribution is -2.43. The first-order valence-corrected chi connectivity index (χ1v) is 8.60. The van der Waals surface area contributed by atoms with Gasteiger partial charge in [0.05, 0.1) is 24.6 Å². The van der Waals surface area contributed by atoms with Gasteiger partial charge in [-0.25, -0.2) is 14.6 Å². The Morgan fingerprint density at radius 3 is 3.04 bits per heavy atom. The van der Waals surface area contributed by atoms with Crippen molar-refractivity contribution < 1.29 is 4.74 Å². The molecule has 1 unspecified atom stereocenters. The van der Waals surface area contributed by atoms with Gasteiger partial charge in [-0.2, -0.15) is 5.10 Å². The normalized spacial score (nSPS) is 17.5. The summed E-state index contributed by atoms with van der Waals surface area (Å²) >= 11 is 0. The van der Waals surface area contributed by atoms with Gasteiger partial charge in [0.25, 0.3) is 5.56 Å². The van der Waals surface area contributed by atoms with E-state index in [0.717, 1.165) is 49.7 Å². The third kappa shape index (κ3) is 4.54. The van der Waals surface area contributed by atoms with Gasteiger partial charge >= 0.3 is 0 Å². The summed E-state index contributed by atoms with van der Waals surface area (Å²) in [5.74, 6) is 0.843. The molecule has 0 amide bonds. The van der Waals surface area contributed by atoms with Crippen LogP contribution in [-0.4, -0.2) is 52.1 Å². The largest absolute Gasteiger partial charge is 0.374 e. The number of hydrogen-bond donors (Lipinski definition) is 1. The molecule has 3 rings (SSSR count). The molecule has 0 aliphatic carbocycles. The molecule has 0 radical (unpaired) electrons. The van der Waals surface area contributed by atoms with Gasteiger partial charge in [-0.15, -0.1) is 0 Å². The molecule has 1 atom stereocenters. The molecule has 1 fully saturated rings. The number of morpholine rings is 1. The van der Waals surface area contributed by atoms with Crippen LogP contribution in [0.15, 0.2) is 29.5 Å². The summed E-state index contributed by atoms with van der Waals surface area (Å²) in [6, 6.07) is 3.60. The van der Waals surface area contributed by atoms with E-state index < -0.39 is 0 Å². The van der Waals surface area contributed by atoms with Crippen LogP contribution < -0.4 is 15.8 Å². The van der Waals surface area contributed by atoms with E-state index in [1.165, 1.54) is 4.68 Å². The zero-order valence-corrected chi connectivity index (χ0v) is 14.7. The highest BCUT2D eigenvalue weighted by molar-refractivity contribution is 5.43. The van der Waals surface area contributed by atoms with E-state index in [-0.39, 0.29) is 11.7 Å². The molecule has 0 aromatic carbocycles. The van der Waals surface area contributed by atoms with Crippen molar-refractivity contribution in [2.45, 2.75) is 25.9 Å². The molecule has 2 aromatic heterocycles. The maximum atomic E-state index is 11.8. The van der Waals surface area contributed by atoms with Crippen molar-refractivity contribution in [1.82, 2.24) is 19.7 Å². The molecular formula is C17H24N6O2. The van der Waals surface area contributed by atoms with Gasteiger partial charge in [-0.3, -0.25) is 4.79 Å². The molecule has 1 saturated heterocycles. The maximum Gasteiger partial charge on any atom is 0.268 e. The van der Waals surface area contributed by atoms with Gasteiger partial charge in [-0.1, -0.05) is 6.92 Å². The van der Waals surface area contributed by atoms with Crippen molar-refractivity contribution in [3.8, 4) is 0 Å². The fourth-order valence-corrected chi connectivity index (χ4v) is 2.81. The maximum absolute atomic E-state index is 11.8. The average molecular weight is 344 g/mol. The number of anilines is 2. The topological polar surface area (TPSA) is 85.2 Å². The molecule has 2 aromatic rings. The van der Waals surface area contributed by atoms with Crippen LogP contribution >= 0.6 is 0 Å². The van der Waals surface area contributed by atoms with Crippen molar-refractivity contribution in [3.05, 3.63) is 40.7 Å². The van der Waals surface area contributed by atoms with E-state index in [1.807, 2.05) is 6.07 Å². The Kier molecular flexibility index (Phi) is 5.60. The van der Waals surface area contributed by atoms with E-state index in [9.17, 15) is 4.79 Å². The Hall–Kier alpha value is -2.48. The van der Waals surface area contributed by atoms with Crippen molar-refractivity contribution in [1.29, 1.82) is 0 Å². The summed E-state index contributed by atoms with van der Waals surface area (Å²) in [5, 5.41) is 7.41. The summed E-state index contributed by atoms with van der Waals surface area (Å²) in [6.45, 7) is 5.01. The first-order chi connectivity index (χ1) is 12.2. The van der Waals surface area contributed by atoms with Gasteiger partial charge in [0.15, 0.2) is 0 Å². The van der Waals surface area contributed by atoms with Crippen molar-refractivity contribution in [2.24, 2.45) is 7.05 Å². The van der Waals surface area contributed by atoms with Crippen LogP contribution in [0.5, 0.6) is 0 Å². The zero-order chi connectivity index (χ0) is 17.6. The third-order valence-corrected chi connectivity index (χ3v) is 4.32. The molecule has 8 nitrogen and oxygen atoms in total. The van der Waals surface area contributed by atoms with Crippen LogP contribution in [0.1, 0.15) is 19.0 Å². The monoisotopic (exact) mass is 344 g/mol. The Balaban J connectivity index is 1.53. The van der Waals surface area contributed by atoms with E-state index in [1.54, 1.807) is 25.6 Å². The second kappa shape index (κ2) is 8.06. The van der Waals surface area contributed by atoms with Crippen LogP contribution in [-0.2, 0) is 18.2 Å². The molecule has 0 bridgehead atoms. The molecule has 0 saturated carbocycles. The molecule has 8 heteroatoms. The number of nitrogens with one attached hydrogen (secondary N) is 1. The summed E-state index contributed by atoms with van der Waals surface area (Å²) in [6.07, 6.45) is 5.18. The van der Waals surface area contributed by atoms with Crippen molar-refractivity contribution >= 4 is 11.5 Å². The van der Waals surface area contributed by atoms with Crippen LogP contribution in [0.25, 0.3) is 0 Å². The first kappa shape index (κ1) is 17.3. The Labute approximate surface area is 146 Å². The Bertz CT molecular complexity index is 763. The molecular weight excluding hydrogens is 320 g/mol. The van der Waals surface area contributed by atoms with Gasteiger partial charge in [-0.05, 0) is 12.8 Å². The predicted octanol–water partition coefficient (Wildman–Crippen LogP) is 0.840. The van der Waals surface area contributed by atoms with E-state index >= 15 is 0 Å². The Morgan fingerprint density at radius 2 is 2.24 bits per heavy atom. The lowest BCUT2D eigenvalue weighted by Gasteiger charge is -2.34. The van der Waals surface area contributed by atoms with Crippen LogP contribution in [0, 0.1) is 0 Å². The Morgan fingerprint density at radius 1 is 1.36 bits per heavy atom. The summed E-state index contributed by atoms with van der Waals surface area (Å²) in [7, 11) is 1.65. The van der Waals surface area contributed by atoms with E-state index in [2.05, 4.69) is 32.2 Å². The number of nitrogens with zero attached hydrogens (tertiary/aromatic N) is 5. The highest BCUT2D eigenvalue weighted by Crippen LogP contribution is 2.16. The molecule has 3 heterocycles. The molecule has 0 spiro atoms. The number of aryl methyl sites for hydroxylation is 2. The summed E-state index contributed by atoms with van der Waals surface area (Å²) in [5.41, 5.74) is 1.78. The van der Waals surface area contributed by atoms with Gasteiger partial charge in [0.2, 0.25) is 0 Å². The first-order valence-electron chi connectivity index (χ1n) is 8.60. The van der Waals surface area contributed by atoms with Gasteiger partial charge in [0, 0.05) is 44.5 Å². The molecule has 1 N–H and O–H groups in total. The summed E-state index contributed by atoms with van der Waals surface area (Å²) in [4.78, 5) is 22.3. The van der Waals surface area contributed by atoms with Crippen LogP contribution in [0.4, 0.5) is 11.5 Å². The molecule has 1 aliphatic rings. The third-order valence-electron chi connectivity index (χ3n) is 4.32. The van der Waals surface area contributed by atoms with Gasteiger partial charge < -0.3 is 15.0 Å². The average Bonchev–Trinajstić information content (AvgIpc) is 2.64. The minimum absolute atomic E-state index is 0.0994. The second-order valence-corrected chi connectivity index (χ2v) is 6.08. The lowest BCUT2D eigenvalue weighted by molar-refractivity contribution is 0.0374.